The quantitative estimate of drug-likeness (QED) is 0.797. The Morgan fingerprint density at radius 1 is 1.32 bits per heavy atom. The van der Waals surface area contributed by atoms with Gasteiger partial charge in [-0.1, -0.05) is 6.08 Å². The van der Waals surface area contributed by atoms with Crippen molar-refractivity contribution in [1.82, 2.24) is 14.9 Å². The summed E-state index contributed by atoms with van der Waals surface area (Å²) in [6.45, 7) is 5.72. The van der Waals surface area contributed by atoms with E-state index in [2.05, 4.69) is 16.0 Å². The van der Waals surface area contributed by atoms with E-state index in [0.717, 1.165) is 31.4 Å². The molecular formula is C17H23N3O2. The minimum absolute atomic E-state index is 0.111. The summed E-state index contributed by atoms with van der Waals surface area (Å²) in [5.41, 5.74) is 1.66. The summed E-state index contributed by atoms with van der Waals surface area (Å²) in [5.74, 6) is 0. The maximum atomic E-state index is 12.5. The first-order valence-corrected chi connectivity index (χ1v) is 7.92. The lowest BCUT2D eigenvalue weighted by Crippen LogP contribution is -2.53. The number of amides is 1. The van der Waals surface area contributed by atoms with Crippen molar-refractivity contribution in [2.45, 2.75) is 64.1 Å². The van der Waals surface area contributed by atoms with Crippen LogP contribution in [-0.2, 0) is 4.74 Å². The molecule has 1 saturated heterocycles. The maximum Gasteiger partial charge on any atom is 0.411 e. The molecule has 0 aliphatic carbocycles. The summed E-state index contributed by atoms with van der Waals surface area (Å²) < 4.78 is 5.58. The average Bonchev–Trinajstić information content (AvgIpc) is 2.45. The fourth-order valence-electron chi connectivity index (χ4n) is 3.28. The van der Waals surface area contributed by atoms with Crippen molar-refractivity contribution in [3.05, 3.63) is 30.4 Å². The van der Waals surface area contributed by atoms with Crippen LogP contribution in [0.5, 0.6) is 0 Å². The van der Waals surface area contributed by atoms with Crippen molar-refractivity contribution in [3.8, 4) is 0 Å². The smallest absolute Gasteiger partial charge is 0.411 e. The molecule has 0 N–H and O–H groups in total. The first kappa shape index (κ1) is 15.0. The van der Waals surface area contributed by atoms with Crippen molar-refractivity contribution in [3.63, 3.8) is 0 Å². The molecule has 2 unspecified atom stereocenters. The molecule has 0 spiro atoms. The van der Waals surface area contributed by atoms with Crippen LogP contribution in [0.4, 0.5) is 4.79 Å². The molecular weight excluding hydrogens is 278 g/mol. The number of fused-ring (bicyclic) bond motifs is 2. The summed E-state index contributed by atoms with van der Waals surface area (Å²) in [7, 11) is 0. The topological polar surface area (TPSA) is 55.3 Å². The van der Waals surface area contributed by atoms with Crippen LogP contribution in [0.2, 0.25) is 0 Å². The Hall–Kier alpha value is -1.91. The minimum Gasteiger partial charge on any atom is -0.444 e. The fourth-order valence-corrected chi connectivity index (χ4v) is 3.28. The van der Waals surface area contributed by atoms with Crippen LogP contribution < -0.4 is 0 Å². The Morgan fingerprint density at radius 2 is 2.14 bits per heavy atom. The second-order valence-electron chi connectivity index (χ2n) is 7.03. The average molecular weight is 301 g/mol. The van der Waals surface area contributed by atoms with Gasteiger partial charge in [-0.2, -0.15) is 0 Å². The van der Waals surface area contributed by atoms with Crippen LogP contribution in [0.3, 0.4) is 0 Å². The molecule has 118 valence electrons. The van der Waals surface area contributed by atoms with Crippen LogP contribution in [0.1, 0.15) is 52.1 Å². The monoisotopic (exact) mass is 301 g/mol. The Labute approximate surface area is 131 Å². The second kappa shape index (κ2) is 5.71. The zero-order valence-corrected chi connectivity index (χ0v) is 13.5. The molecule has 1 aromatic heterocycles. The van der Waals surface area contributed by atoms with Crippen molar-refractivity contribution in [2.24, 2.45) is 0 Å². The number of piperidine rings is 1. The Kier molecular flexibility index (Phi) is 3.89. The number of ether oxygens (including phenoxy) is 1. The molecule has 0 radical (unpaired) electrons. The van der Waals surface area contributed by atoms with Gasteiger partial charge in [-0.05, 0) is 52.0 Å². The lowest BCUT2D eigenvalue weighted by atomic mass is 9.84. The third-order valence-corrected chi connectivity index (χ3v) is 4.13. The molecule has 22 heavy (non-hydrogen) atoms. The van der Waals surface area contributed by atoms with Gasteiger partial charge < -0.3 is 4.74 Å². The molecule has 0 saturated carbocycles. The van der Waals surface area contributed by atoms with Gasteiger partial charge in [-0.15, -0.1) is 0 Å². The van der Waals surface area contributed by atoms with E-state index in [1.165, 1.54) is 5.57 Å². The predicted octanol–water partition coefficient (Wildman–Crippen LogP) is 3.42. The molecule has 1 aromatic rings. The number of carbonyl (C=O) groups excluding carboxylic acids is 1. The van der Waals surface area contributed by atoms with Crippen molar-refractivity contribution >= 4 is 11.7 Å². The molecule has 0 aromatic carbocycles. The molecule has 3 heterocycles. The van der Waals surface area contributed by atoms with Gasteiger partial charge >= 0.3 is 6.09 Å². The van der Waals surface area contributed by atoms with E-state index in [1.54, 1.807) is 18.6 Å². The zero-order chi connectivity index (χ0) is 15.7. The number of carbonyl (C=O) groups is 1. The van der Waals surface area contributed by atoms with Crippen LogP contribution in [0.25, 0.3) is 5.57 Å². The van der Waals surface area contributed by atoms with Gasteiger partial charge in [-0.3, -0.25) is 14.9 Å². The van der Waals surface area contributed by atoms with Crippen molar-refractivity contribution in [1.29, 1.82) is 0 Å². The molecule has 2 bridgehead atoms. The normalized spacial score (nSPS) is 24.7. The van der Waals surface area contributed by atoms with E-state index in [0.29, 0.717) is 0 Å². The molecule has 1 fully saturated rings. The van der Waals surface area contributed by atoms with E-state index in [-0.39, 0.29) is 18.2 Å². The zero-order valence-electron chi connectivity index (χ0n) is 13.5. The third kappa shape index (κ3) is 3.13. The van der Waals surface area contributed by atoms with Gasteiger partial charge in [0, 0.05) is 18.4 Å². The summed E-state index contributed by atoms with van der Waals surface area (Å²) in [6.07, 6.45) is 11.2. The van der Waals surface area contributed by atoms with Gasteiger partial charge in [0.05, 0.1) is 17.9 Å². The summed E-state index contributed by atoms with van der Waals surface area (Å²) >= 11 is 0. The molecule has 5 heteroatoms. The minimum atomic E-state index is -0.458. The van der Waals surface area contributed by atoms with Gasteiger partial charge in [0.1, 0.15) is 5.60 Å². The number of hydrogen-bond acceptors (Lipinski definition) is 4. The number of hydrogen-bond donors (Lipinski definition) is 0. The molecule has 1 amide bonds. The van der Waals surface area contributed by atoms with Gasteiger partial charge in [0.2, 0.25) is 0 Å². The highest BCUT2D eigenvalue weighted by Crippen LogP contribution is 2.37. The third-order valence-electron chi connectivity index (χ3n) is 4.13. The molecule has 2 aliphatic rings. The van der Waals surface area contributed by atoms with Gasteiger partial charge in [0.25, 0.3) is 0 Å². The number of nitrogens with zero attached hydrogens (tertiary/aromatic N) is 3. The van der Waals surface area contributed by atoms with Crippen LogP contribution in [0.15, 0.2) is 24.7 Å². The Bertz CT molecular complexity index is 577. The lowest BCUT2D eigenvalue weighted by molar-refractivity contribution is 0.0000665. The van der Waals surface area contributed by atoms with Crippen LogP contribution in [0, 0.1) is 0 Å². The molecule has 2 atom stereocenters. The standard InChI is InChI=1S/C17H23N3O2/c1-17(2,3)22-16(21)20-13-5-4-6-14(20)10-12(9-13)15-11-18-7-8-19-15/h7-9,11,13-14H,4-6,10H2,1-3H3. The summed E-state index contributed by atoms with van der Waals surface area (Å²) in [4.78, 5) is 23.0. The predicted molar refractivity (Wildman–Crippen MR) is 84.1 cm³/mol. The highest BCUT2D eigenvalue weighted by atomic mass is 16.6. The fraction of sp³-hybridized carbons (Fsp3) is 0.588. The van der Waals surface area contributed by atoms with Crippen LogP contribution >= 0.6 is 0 Å². The summed E-state index contributed by atoms with van der Waals surface area (Å²) in [6, 6.07) is 0.315. The molecule has 5 nitrogen and oxygen atoms in total. The Morgan fingerprint density at radius 3 is 2.77 bits per heavy atom. The van der Waals surface area contributed by atoms with Crippen molar-refractivity contribution in [2.75, 3.05) is 0 Å². The van der Waals surface area contributed by atoms with E-state index in [9.17, 15) is 4.79 Å². The summed E-state index contributed by atoms with van der Waals surface area (Å²) in [5, 5.41) is 0. The maximum absolute atomic E-state index is 12.5. The highest BCUT2D eigenvalue weighted by Gasteiger charge is 2.39. The van der Waals surface area contributed by atoms with E-state index in [4.69, 9.17) is 4.74 Å². The molecule has 3 rings (SSSR count). The van der Waals surface area contributed by atoms with E-state index < -0.39 is 5.60 Å². The number of rotatable bonds is 1. The second-order valence-corrected chi connectivity index (χ2v) is 7.03. The number of aromatic nitrogens is 2. The first-order valence-electron chi connectivity index (χ1n) is 7.92. The Balaban J connectivity index is 1.84. The van der Waals surface area contributed by atoms with Gasteiger partial charge in [-0.25, -0.2) is 4.79 Å². The van der Waals surface area contributed by atoms with Crippen molar-refractivity contribution < 1.29 is 9.53 Å². The highest BCUT2D eigenvalue weighted by molar-refractivity contribution is 5.73. The SMILES string of the molecule is CC(C)(C)OC(=O)N1C2C=C(c3cnccn3)CC1CCC2. The molecule has 2 aliphatic heterocycles. The van der Waals surface area contributed by atoms with Crippen LogP contribution in [-0.4, -0.2) is 38.6 Å². The van der Waals surface area contributed by atoms with Gasteiger partial charge in [0.15, 0.2) is 0 Å². The van der Waals surface area contributed by atoms with E-state index in [1.807, 2.05) is 25.7 Å². The largest absolute Gasteiger partial charge is 0.444 e. The van der Waals surface area contributed by atoms with E-state index >= 15 is 0 Å². The lowest BCUT2D eigenvalue weighted by Gasteiger charge is -2.44. The first-order chi connectivity index (χ1) is 10.4.